The lowest BCUT2D eigenvalue weighted by Gasteiger charge is -2.20. The lowest BCUT2D eigenvalue weighted by Crippen LogP contribution is -2.36. The molecule has 14 heteroatoms. The first-order valence-electron chi connectivity index (χ1n) is 9.97. The van der Waals surface area contributed by atoms with Crippen molar-refractivity contribution in [2.45, 2.75) is 28.9 Å². The highest BCUT2D eigenvalue weighted by molar-refractivity contribution is 7.93. The molecule has 6 nitrogen and oxygen atoms in total. The standard InChI is InChI=1S/C22H17Cl2F5N4O2S/c1-12-8-16(19(34)31-11-21(25,26)17-7-6-14(23)10-18(17)24)20(33-32-12)36(35,30-2)15-5-3-4-13(9-15)22(27,28)29/h3-10H,11H2,1-2H3,(H,31,34). The van der Waals surface area contributed by atoms with E-state index in [1.807, 2.05) is 5.32 Å². The number of rotatable bonds is 6. The number of carbonyl (C=O) groups is 1. The molecule has 192 valence electrons. The number of hydrogen-bond acceptors (Lipinski definition) is 5. The molecule has 1 heterocycles. The monoisotopic (exact) mass is 566 g/mol. The topological polar surface area (TPSA) is 84.3 Å². The zero-order valence-corrected chi connectivity index (χ0v) is 20.9. The van der Waals surface area contributed by atoms with Gasteiger partial charge in [-0.05, 0) is 49.4 Å². The van der Waals surface area contributed by atoms with Gasteiger partial charge in [-0.2, -0.15) is 27.1 Å². The number of nitrogens with one attached hydrogen (secondary N) is 1. The van der Waals surface area contributed by atoms with Gasteiger partial charge in [-0.3, -0.25) is 4.79 Å². The summed E-state index contributed by atoms with van der Waals surface area (Å²) in [4.78, 5) is 12.6. The van der Waals surface area contributed by atoms with Crippen molar-refractivity contribution in [1.29, 1.82) is 0 Å². The second-order valence-corrected chi connectivity index (χ2v) is 10.6. The first-order valence-corrected chi connectivity index (χ1v) is 12.2. The summed E-state index contributed by atoms with van der Waals surface area (Å²) in [5, 5.41) is 8.78. The van der Waals surface area contributed by atoms with E-state index in [2.05, 4.69) is 14.6 Å². The van der Waals surface area contributed by atoms with E-state index in [0.717, 1.165) is 43.4 Å². The summed E-state index contributed by atoms with van der Waals surface area (Å²) >= 11 is 11.6. The van der Waals surface area contributed by atoms with Gasteiger partial charge in [-0.15, -0.1) is 5.10 Å². The normalized spacial score (nSPS) is 13.7. The second-order valence-electron chi connectivity index (χ2n) is 7.45. The van der Waals surface area contributed by atoms with Gasteiger partial charge in [0.1, 0.15) is 9.73 Å². The maximum absolute atomic E-state index is 14.8. The molecule has 0 fully saturated rings. The number of carbonyl (C=O) groups excluding carboxylic acids is 1. The van der Waals surface area contributed by atoms with Crippen LogP contribution in [0.3, 0.4) is 0 Å². The van der Waals surface area contributed by atoms with Gasteiger partial charge in [-0.25, -0.2) is 8.57 Å². The first-order chi connectivity index (χ1) is 16.7. The number of aryl methyl sites for hydroxylation is 1. The number of hydrogen-bond donors (Lipinski definition) is 1. The summed E-state index contributed by atoms with van der Waals surface area (Å²) in [6, 6.07) is 8.02. The van der Waals surface area contributed by atoms with Gasteiger partial charge in [0.2, 0.25) is 0 Å². The van der Waals surface area contributed by atoms with Crippen molar-refractivity contribution < 1.29 is 31.0 Å². The third kappa shape index (κ3) is 5.76. The number of alkyl halides is 5. The van der Waals surface area contributed by atoms with Gasteiger partial charge >= 0.3 is 6.18 Å². The average molecular weight is 567 g/mol. The summed E-state index contributed by atoms with van der Waals surface area (Å²) in [5.74, 6) is -4.74. The minimum atomic E-state index is -4.74. The van der Waals surface area contributed by atoms with Crippen molar-refractivity contribution in [2.24, 2.45) is 4.36 Å². The Bertz CT molecular complexity index is 1440. The number of nitrogens with zero attached hydrogens (tertiary/aromatic N) is 3. The van der Waals surface area contributed by atoms with Crippen LogP contribution in [-0.4, -0.2) is 33.9 Å². The Morgan fingerprint density at radius 1 is 1.06 bits per heavy atom. The Balaban J connectivity index is 2.01. The van der Waals surface area contributed by atoms with Crippen LogP contribution in [0.1, 0.15) is 27.2 Å². The maximum atomic E-state index is 14.8. The fourth-order valence-corrected chi connectivity index (χ4v) is 5.47. The minimum Gasteiger partial charge on any atom is -0.346 e. The smallest absolute Gasteiger partial charge is 0.346 e. The van der Waals surface area contributed by atoms with Crippen molar-refractivity contribution in [3.05, 3.63) is 81.0 Å². The molecular weight excluding hydrogens is 550 g/mol. The van der Waals surface area contributed by atoms with E-state index in [4.69, 9.17) is 23.2 Å². The number of amides is 1. The lowest BCUT2D eigenvalue weighted by molar-refractivity contribution is -0.137. The van der Waals surface area contributed by atoms with E-state index in [1.165, 1.54) is 13.0 Å². The van der Waals surface area contributed by atoms with Gasteiger partial charge in [0, 0.05) is 17.6 Å². The van der Waals surface area contributed by atoms with E-state index < -0.39 is 56.0 Å². The molecule has 0 aliphatic carbocycles. The molecule has 0 radical (unpaired) electrons. The summed E-state index contributed by atoms with van der Waals surface area (Å²) < 4.78 is 86.7. The number of aromatic nitrogens is 2. The summed E-state index contributed by atoms with van der Waals surface area (Å²) in [6.45, 7) is 0.229. The van der Waals surface area contributed by atoms with E-state index in [-0.39, 0.29) is 20.6 Å². The molecule has 0 bridgehead atoms. The van der Waals surface area contributed by atoms with Crippen LogP contribution in [-0.2, 0) is 21.8 Å². The zero-order valence-electron chi connectivity index (χ0n) is 18.5. The van der Waals surface area contributed by atoms with E-state index in [1.54, 1.807) is 0 Å². The fourth-order valence-electron chi connectivity index (χ4n) is 3.16. The predicted octanol–water partition coefficient (Wildman–Crippen LogP) is 6.15. The van der Waals surface area contributed by atoms with Gasteiger partial charge in [-0.1, -0.05) is 29.3 Å². The van der Waals surface area contributed by atoms with Crippen molar-refractivity contribution in [2.75, 3.05) is 13.6 Å². The van der Waals surface area contributed by atoms with Gasteiger partial charge in [0.05, 0.1) is 33.3 Å². The van der Waals surface area contributed by atoms with Crippen LogP contribution in [0.4, 0.5) is 22.0 Å². The molecule has 1 N–H and O–H groups in total. The highest BCUT2D eigenvalue weighted by Crippen LogP contribution is 2.35. The molecule has 1 aromatic heterocycles. The third-order valence-electron chi connectivity index (χ3n) is 4.92. The molecule has 3 aromatic rings. The first kappa shape index (κ1) is 27.8. The van der Waals surface area contributed by atoms with Gasteiger partial charge < -0.3 is 5.32 Å². The van der Waals surface area contributed by atoms with E-state index in [9.17, 15) is 31.0 Å². The molecule has 0 spiro atoms. The van der Waals surface area contributed by atoms with Crippen molar-refractivity contribution in [1.82, 2.24) is 15.5 Å². The van der Waals surface area contributed by atoms with Gasteiger partial charge in [0.25, 0.3) is 11.8 Å². The van der Waals surface area contributed by atoms with Crippen LogP contribution in [0.5, 0.6) is 0 Å². The van der Waals surface area contributed by atoms with Gasteiger partial charge in [0.15, 0.2) is 5.03 Å². The van der Waals surface area contributed by atoms with Crippen molar-refractivity contribution in [3.8, 4) is 0 Å². The number of benzene rings is 2. The highest BCUT2D eigenvalue weighted by atomic mass is 35.5. The molecule has 36 heavy (non-hydrogen) atoms. The Morgan fingerprint density at radius 3 is 2.36 bits per heavy atom. The molecule has 0 aliphatic heterocycles. The molecule has 1 amide bonds. The summed E-state index contributed by atoms with van der Waals surface area (Å²) in [5.41, 5.74) is -1.96. The SMILES string of the molecule is CN=S(=O)(c1cccc(C(F)(F)F)c1)c1nnc(C)cc1C(=O)NCC(F)(F)c1ccc(Cl)cc1Cl. The molecule has 2 aromatic carbocycles. The van der Waals surface area contributed by atoms with Crippen molar-refractivity contribution in [3.63, 3.8) is 0 Å². The van der Waals surface area contributed by atoms with Crippen LogP contribution < -0.4 is 5.32 Å². The zero-order chi connectivity index (χ0) is 26.9. The van der Waals surface area contributed by atoms with Crippen LogP contribution in [0.2, 0.25) is 10.0 Å². The van der Waals surface area contributed by atoms with Crippen LogP contribution in [0, 0.1) is 6.92 Å². The van der Waals surface area contributed by atoms with Crippen LogP contribution in [0.25, 0.3) is 0 Å². The molecule has 0 saturated carbocycles. The Labute approximate surface area is 213 Å². The Hall–Kier alpha value is -2.83. The molecular formula is C22H17Cl2F5N4O2S. The Kier molecular flexibility index (Phi) is 7.92. The molecule has 1 atom stereocenters. The number of halogens is 7. The summed E-state index contributed by atoms with van der Waals surface area (Å²) in [6.07, 6.45) is -4.74. The molecule has 0 saturated heterocycles. The molecule has 1 unspecified atom stereocenters. The van der Waals surface area contributed by atoms with E-state index >= 15 is 0 Å². The van der Waals surface area contributed by atoms with Crippen LogP contribution >= 0.6 is 23.2 Å². The molecule has 3 rings (SSSR count). The van der Waals surface area contributed by atoms with Crippen molar-refractivity contribution >= 4 is 38.8 Å². The van der Waals surface area contributed by atoms with Crippen LogP contribution in [0.15, 0.2) is 62.8 Å². The fraction of sp³-hybridized carbons (Fsp3) is 0.227. The van der Waals surface area contributed by atoms with E-state index in [0.29, 0.717) is 6.07 Å². The average Bonchev–Trinajstić information content (AvgIpc) is 2.81. The second kappa shape index (κ2) is 10.3. The minimum absolute atomic E-state index is 0.138. The predicted molar refractivity (Wildman–Crippen MR) is 124 cm³/mol. The lowest BCUT2D eigenvalue weighted by atomic mass is 10.1. The molecule has 0 aliphatic rings. The quantitative estimate of drug-likeness (QED) is 0.363. The highest BCUT2D eigenvalue weighted by Gasteiger charge is 2.36. The summed E-state index contributed by atoms with van der Waals surface area (Å²) in [7, 11) is -2.84. The third-order valence-corrected chi connectivity index (χ3v) is 7.70. The maximum Gasteiger partial charge on any atom is 0.416 e. The largest absolute Gasteiger partial charge is 0.416 e. The Morgan fingerprint density at radius 2 is 1.75 bits per heavy atom.